The molecule has 0 unspecified atom stereocenters. The van der Waals surface area contributed by atoms with E-state index in [0.29, 0.717) is 11.5 Å². The van der Waals surface area contributed by atoms with Gasteiger partial charge in [-0.1, -0.05) is 36.3 Å². The number of likely N-dealkylation sites (tertiary alicyclic amines) is 1. The molecule has 0 saturated carbocycles. The smallest absolute Gasteiger partial charge is 0.253 e. The van der Waals surface area contributed by atoms with Crippen molar-refractivity contribution in [2.24, 2.45) is 5.92 Å². The number of carbonyl (C=O) groups is 1. The molecule has 152 valence electrons. The summed E-state index contributed by atoms with van der Waals surface area (Å²) in [6.07, 6.45) is 8.90. The lowest BCUT2D eigenvalue weighted by molar-refractivity contribution is 0.0701. The molecule has 29 heavy (non-hydrogen) atoms. The van der Waals surface area contributed by atoms with Crippen molar-refractivity contribution in [2.45, 2.75) is 33.1 Å². The van der Waals surface area contributed by atoms with Crippen LogP contribution < -0.4 is 0 Å². The SMILES string of the molecule is C#Cc1cccc(C(=O)N(CC)CC2CCN(CCc3ccccc3C)CC2)c1. The number of piperidine rings is 1. The normalized spacial score (nSPS) is 15.1. The van der Waals surface area contributed by atoms with Crippen LogP contribution in [-0.2, 0) is 6.42 Å². The molecule has 3 rings (SSSR count). The lowest BCUT2D eigenvalue weighted by Gasteiger charge is -2.34. The maximum atomic E-state index is 12.9. The van der Waals surface area contributed by atoms with Crippen LogP contribution in [0.3, 0.4) is 0 Å². The molecule has 1 aliphatic heterocycles. The molecule has 1 fully saturated rings. The minimum absolute atomic E-state index is 0.0894. The largest absolute Gasteiger partial charge is 0.339 e. The summed E-state index contributed by atoms with van der Waals surface area (Å²) in [7, 11) is 0. The summed E-state index contributed by atoms with van der Waals surface area (Å²) in [5, 5.41) is 0. The van der Waals surface area contributed by atoms with E-state index in [0.717, 1.165) is 57.5 Å². The topological polar surface area (TPSA) is 23.6 Å². The van der Waals surface area contributed by atoms with E-state index in [9.17, 15) is 4.79 Å². The second kappa shape index (κ2) is 10.3. The molecule has 0 N–H and O–H groups in total. The van der Waals surface area contributed by atoms with Crippen molar-refractivity contribution in [1.82, 2.24) is 9.80 Å². The second-order valence-corrected chi connectivity index (χ2v) is 8.03. The summed E-state index contributed by atoms with van der Waals surface area (Å²) in [6.45, 7) is 9.17. The molecule has 2 aromatic rings. The molecule has 1 saturated heterocycles. The van der Waals surface area contributed by atoms with Crippen LogP contribution in [0.2, 0.25) is 0 Å². The van der Waals surface area contributed by atoms with Gasteiger partial charge in [-0.3, -0.25) is 4.79 Å². The summed E-state index contributed by atoms with van der Waals surface area (Å²) < 4.78 is 0. The molecule has 1 amide bonds. The highest BCUT2D eigenvalue weighted by Gasteiger charge is 2.23. The van der Waals surface area contributed by atoms with Crippen LogP contribution >= 0.6 is 0 Å². The first-order valence-electron chi connectivity index (χ1n) is 10.7. The number of carbonyl (C=O) groups excluding carboxylic acids is 1. The Balaban J connectivity index is 1.49. The molecule has 0 bridgehead atoms. The van der Waals surface area contributed by atoms with Gasteiger partial charge in [0.15, 0.2) is 0 Å². The van der Waals surface area contributed by atoms with Crippen LogP contribution in [0, 0.1) is 25.2 Å². The van der Waals surface area contributed by atoms with Crippen LogP contribution in [0.4, 0.5) is 0 Å². The average molecular weight is 389 g/mol. The third-order valence-corrected chi connectivity index (χ3v) is 6.09. The zero-order valence-corrected chi connectivity index (χ0v) is 17.7. The van der Waals surface area contributed by atoms with E-state index in [-0.39, 0.29) is 5.91 Å². The zero-order chi connectivity index (χ0) is 20.6. The lowest BCUT2D eigenvalue weighted by Crippen LogP contribution is -2.41. The van der Waals surface area contributed by atoms with Gasteiger partial charge in [0.1, 0.15) is 0 Å². The molecule has 2 aromatic carbocycles. The molecule has 0 aromatic heterocycles. The lowest BCUT2D eigenvalue weighted by atomic mass is 9.95. The first-order valence-corrected chi connectivity index (χ1v) is 10.7. The number of nitrogens with zero attached hydrogens (tertiary/aromatic N) is 2. The minimum atomic E-state index is 0.0894. The van der Waals surface area contributed by atoms with Crippen molar-refractivity contribution in [3.63, 3.8) is 0 Å². The van der Waals surface area contributed by atoms with Crippen molar-refractivity contribution in [3.8, 4) is 12.3 Å². The van der Waals surface area contributed by atoms with Crippen LogP contribution in [0.15, 0.2) is 48.5 Å². The second-order valence-electron chi connectivity index (χ2n) is 8.03. The fourth-order valence-electron chi connectivity index (χ4n) is 4.15. The Morgan fingerprint density at radius 3 is 2.62 bits per heavy atom. The van der Waals surface area contributed by atoms with Crippen LogP contribution in [0.1, 0.15) is 46.8 Å². The third kappa shape index (κ3) is 5.71. The Labute approximate surface area is 175 Å². The predicted octanol–water partition coefficient (Wildman–Crippen LogP) is 4.39. The van der Waals surface area contributed by atoms with Gasteiger partial charge in [-0.25, -0.2) is 0 Å². The Morgan fingerprint density at radius 2 is 1.93 bits per heavy atom. The molecule has 3 nitrogen and oxygen atoms in total. The van der Waals surface area contributed by atoms with Crippen molar-refractivity contribution in [3.05, 3.63) is 70.8 Å². The van der Waals surface area contributed by atoms with Gasteiger partial charge < -0.3 is 9.80 Å². The van der Waals surface area contributed by atoms with Gasteiger partial charge in [0.05, 0.1) is 0 Å². The summed E-state index contributed by atoms with van der Waals surface area (Å²) >= 11 is 0. The summed E-state index contributed by atoms with van der Waals surface area (Å²) in [5.74, 6) is 3.28. The number of benzene rings is 2. The first-order chi connectivity index (χ1) is 14.1. The maximum Gasteiger partial charge on any atom is 0.253 e. The highest BCUT2D eigenvalue weighted by molar-refractivity contribution is 5.94. The number of aryl methyl sites for hydroxylation is 1. The van der Waals surface area contributed by atoms with E-state index in [4.69, 9.17) is 6.42 Å². The van der Waals surface area contributed by atoms with E-state index in [2.05, 4.69) is 48.9 Å². The summed E-state index contributed by atoms with van der Waals surface area (Å²) in [6, 6.07) is 16.1. The van der Waals surface area contributed by atoms with Crippen molar-refractivity contribution in [1.29, 1.82) is 0 Å². The number of rotatable bonds is 7. The van der Waals surface area contributed by atoms with E-state index in [1.165, 1.54) is 11.1 Å². The van der Waals surface area contributed by atoms with Crippen molar-refractivity contribution in [2.75, 3.05) is 32.7 Å². The van der Waals surface area contributed by atoms with Crippen LogP contribution in [0.5, 0.6) is 0 Å². The Morgan fingerprint density at radius 1 is 1.17 bits per heavy atom. The van der Waals surface area contributed by atoms with Crippen molar-refractivity contribution < 1.29 is 4.79 Å². The summed E-state index contributed by atoms with van der Waals surface area (Å²) in [5.41, 5.74) is 4.28. The predicted molar refractivity (Wildman–Crippen MR) is 120 cm³/mol. The first kappa shape index (κ1) is 21.1. The van der Waals surface area contributed by atoms with Crippen LogP contribution in [0.25, 0.3) is 0 Å². The Hall–Kier alpha value is -2.57. The van der Waals surface area contributed by atoms with Gasteiger partial charge in [-0.2, -0.15) is 0 Å². The Bertz CT molecular complexity index is 859. The van der Waals surface area contributed by atoms with E-state index >= 15 is 0 Å². The third-order valence-electron chi connectivity index (χ3n) is 6.09. The van der Waals surface area contributed by atoms with E-state index in [1.807, 2.05) is 29.2 Å². The van der Waals surface area contributed by atoms with Gasteiger partial charge in [0.2, 0.25) is 0 Å². The highest BCUT2D eigenvalue weighted by atomic mass is 16.2. The maximum absolute atomic E-state index is 12.9. The van der Waals surface area contributed by atoms with Gasteiger partial charge in [0.25, 0.3) is 5.91 Å². The fourth-order valence-corrected chi connectivity index (χ4v) is 4.15. The molecule has 0 aliphatic carbocycles. The molecule has 3 heteroatoms. The minimum Gasteiger partial charge on any atom is -0.339 e. The van der Waals surface area contributed by atoms with E-state index in [1.54, 1.807) is 0 Å². The average Bonchev–Trinajstić information content (AvgIpc) is 2.77. The molecular formula is C26H32N2O. The summed E-state index contributed by atoms with van der Waals surface area (Å²) in [4.78, 5) is 17.5. The van der Waals surface area contributed by atoms with Crippen molar-refractivity contribution >= 4 is 5.91 Å². The highest BCUT2D eigenvalue weighted by Crippen LogP contribution is 2.20. The van der Waals surface area contributed by atoms with E-state index < -0.39 is 0 Å². The van der Waals surface area contributed by atoms with Gasteiger partial charge in [0, 0.05) is 30.8 Å². The quantitative estimate of drug-likeness (QED) is 0.657. The van der Waals surface area contributed by atoms with Crippen LogP contribution in [-0.4, -0.2) is 48.4 Å². The molecule has 0 radical (unpaired) electrons. The number of amides is 1. The number of hydrogen-bond donors (Lipinski definition) is 0. The molecule has 1 aliphatic rings. The number of terminal acetylenes is 1. The molecular weight excluding hydrogens is 356 g/mol. The molecule has 0 atom stereocenters. The van der Waals surface area contributed by atoms with Gasteiger partial charge >= 0.3 is 0 Å². The Kier molecular flexibility index (Phi) is 7.49. The monoisotopic (exact) mass is 388 g/mol. The van der Waals surface area contributed by atoms with Gasteiger partial charge in [-0.05, 0) is 81.4 Å². The molecule has 0 spiro atoms. The van der Waals surface area contributed by atoms with Gasteiger partial charge in [-0.15, -0.1) is 6.42 Å². The number of hydrogen-bond acceptors (Lipinski definition) is 2. The zero-order valence-electron chi connectivity index (χ0n) is 17.7. The molecule has 1 heterocycles. The standard InChI is InChI=1S/C26H32N2O/c1-4-22-10-8-12-25(19-22)26(29)28(5-2)20-23-13-16-27(17-14-23)18-15-24-11-7-6-9-21(24)3/h1,6-12,19,23H,5,13-18,20H2,2-3H3. The fraction of sp³-hybridized carbons (Fsp3) is 0.423.